The largest absolute Gasteiger partial charge is 0.372 e. The molecular weight excluding hydrogens is 353 g/mol. The Balaban J connectivity index is 1.43. The smallest absolute Gasteiger partial charge is 0.254 e. The molecule has 1 N–H and O–H groups in total. The van der Waals surface area contributed by atoms with E-state index in [1.807, 2.05) is 54.4 Å². The number of aryl methyl sites for hydroxylation is 1. The van der Waals surface area contributed by atoms with E-state index in [0.29, 0.717) is 13.1 Å². The summed E-state index contributed by atoms with van der Waals surface area (Å²) in [5, 5.41) is 3.61. The predicted molar refractivity (Wildman–Crippen MR) is 107 cm³/mol. The SMILES string of the molecule is Cc1ccccc1C(=O)N1CCC2(CC1)Nc1cc(F)ccc1-n1cccc12. The van der Waals surface area contributed by atoms with Crippen molar-refractivity contribution in [2.24, 2.45) is 0 Å². The number of nitrogens with zero attached hydrogens (tertiary/aromatic N) is 2. The van der Waals surface area contributed by atoms with E-state index in [1.54, 1.807) is 6.07 Å². The van der Waals surface area contributed by atoms with E-state index in [9.17, 15) is 9.18 Å². The minimum Gasteiger partial charge on any atom is -0.372 e. The Morgan fingerprint density at radius 3 is 2.64 bits per heavy atom. The van der Waals surface area contributed by atoms with Gasteiger partial charge >= 0.3 is 0 Å². The molecule has 1 spiro atoms. The number of hydrogen-bond acceptors (Lipinski definition) is 2. The van der Waals surface area contributed by atoms with Gasteiger partial charge in [0.25, 0.3) is 5.91 Å². The fraction of sp³-hybridized carbons (Fsp3) is 0.261. The van der Waals surface area contributed by atoms with Crippen LogP contribution < -0.4 is 5.32 Å². The van der Waals surface area contributed by atoms with Crippen molar-refractivity contribution in [3.05, 3.63) is 83.4 Å². The molecule has 1 aromatic heterocycles. The Bertz CT molecular complexity index is 1060. The van der Waals surface area contributed by atoms with Gasteiger partial charge in [-0.3, -0.25) is 4.79 Å². The number of amides is 1. The number of carbonyl (C=O) groups excluding carboxylic acids is 1. The molecule has 5 rings (SSSR count). The van der Waals surface area contributed by atoms with Crippen molar-refractivity contribution in [2.75, 3.05) is 18.4 Å². The Morgan fingerprint density at radius 2 is 1.86 bits per heavy atom. The molecule has 0 atom stereocenters. The van der Waals surface area contributed by atoms with Crippen molar-refractivity contribution in [2.45, 2.75) is 25.3 Å². The van der Waals surface area contributed by atoms with Crippen molar-refractivity contribution in [1.82, 2.24) is 9.47 Å². The summed E-state index contributed by atoms with van der Waals surface area (Å²) in [6, 6.07) is 16.7. The third kappa shape index (κ3) is 2.53. The van der Waals surface area contributed by atoms with Crippen LogP contribution in [0.5, 0.6) is 0 Å². The van der Waals surface area contributed by atoms with Crippen molar-refractivity contribution in [3.63, 3.8) is 0 Å². The van der Waals surface area contributed by atoms with Crippen molar-refractivity contribution < 1.29 is 9.18 Å². The highest BCUT2D eigenvalue weighted by molar-refractivity contribution is 5.95. The van der Waals surface area contributed by atoms with Gasteiger partial charge in [0.2, 0.25) is 0 Å². The van der Waals surface area contributed by atoms with Gasteiger partial charge in [0, 0.05) is 30.5 Å². The van der Waals surface area contributed by atoms with E-state index in [4.69, 9.17) is 0 Å². The summed E-state index contributed by atoms with van der Waals surface area (Å²) in [6.45, 7) is 3.30. The summed E-state index contributed by atoms with van der Waals surface area (Å²) in [6.07, 6.45) is 3.59. The Kier molecular flexibility index (Phi) is 3.79. The van der Waals surface area contributed by atoms with Gasteiger partial charge in [-0.2, -0.15) is 0 Å². The summed E-state index contributed by atoms with van der Waals surface area (Å²) in [4.78, 5) is 14.9. The molecule has 0 aliphatic carbocycles. The first-order chi connectivity index (χ1) is 13.6. The van der Waals surface area contributed by atoms with Crippen LogP contribution in [0.25, 0.3) is 5.69 Å². The molecule has 0 saturated carbocycles. The second-order valence-electron chi connectivity index (χ2n) is 7.74. The minimum atomic E-state index is -0.285. The quantitative estimate of drug-likeness (QED) is 0.681. The Morgan fingerprint density at radius 1 is 1.07 bits per heavy atom. The second kappa shape index (κ2) is 6.23. The van der Waals surface area contributed by atoms with Gasteiger partial charge < -0.3 is 14.8 Å². The molecule has 2 aromatic carbocycles. The second-order valence-corrected chi connectivity index (χ2v) is 7.74. The molecule has 2 aliphatic rings. The molecule has 2 aliphatic heterocycles. The maximum absolute atomic E-state index is 13.8. The Hall–Kier alpha value is -3.08. The molecule has 1 fully saturated rings. The third-order valence-electron chi connectivity index (χ3n) is 6.11. The van der Waals surface area contributed by atoms with E-state index < -0.39 is 0 Å². The maximum Gasteiger partial charge on any atom is 0.254 e. The van der Waals surface area contributed by atoms with Gasteiger partial charge in [-0.15, -0.1) is 0 Å². The van der Waals surface area contributed by atoms with Crippen LogP contribution in [0.1, 0.15) is 34.5 Å². The zero-order valence-electron chi connectivity index (χ0n) is 15.8. The highest BCUT2D eigenvalue weighted by atomic mass is 19.1. The maximum atomic E-state index is 13.8. The van der Waals surface area contributed by atoms with Gasteiger partial charge in [-0.05, 0) is 61.7 Å². The summed E-state index contributed by atoms with van der Waals surface area (Å²) in [5.41, 5.74) is 4.43. The number of rotatable bonds is 1. The Labute approximate surface area is 163 Å². The number of anilines is 1. The molecule has 1 amide bonds. The van der Waals surface area contributed by atoms with Crippen molar-refractivity contribution in [3.8, 4) is 5.69 Å². The number of likely N-dealkylation sites (tertiary alicyclic amines) is 1. The highest BCUT2D eigenvalue weighted by Gasteiger charge is 2.42. The van der Waals surface area contributed by atoms with Crippen LogP contribution in [-0.2, 0) is 5.54 Å². The van der Waals surface area contributed by atoms with Gasteiger partial charge in [0.1, 0.15) is 5.82 Å². The number of nitrogens with one attached hydrogen (secondary N) is 1. The van der Waals surface area contributed by atoms with Crippen LogP contribution >= 0.6 is 0 Å². The number of benzene rings is 2. The van der Waals surface area contributed by atoms with Gasteiger partial charge in [0.05, 0.1) is 16.9 Å². The number of fused-ring (bicyclic) bond motifs is 4. The third-order valence-corrected chi connectivity index (χ3v) is 6.11. The van der Waals surface area contributed by atoms with Crippen LogP contribution in [0.15, 0.2) is 60.8 Å². The predicted octanol–water partition coefficient (Wildman–Crippen LogP) is 4.48. The van der Waals surface area contributed by atoms with Gasteiger partial charge in [-0.25, -0.2) is 4.39 Å². The fourth-order valence-electron chi connectivity index (χ4n) is 4.58. The molecule has 4 nitrogen and oxygen atoms in total. The molecule has 0 unspecified atom stereocenters. The first kappa shape index (κ1) is 17.0. The summed E-state index contributed by atoms with van der Waals surface area (Å²) < 4.78 is 16.0. The lowest BCUT2D eigenvalue weighted by Gasteiger charge is -2.46. The molecule has 0 bridgehead atoms. The van der Waals surface area contributed by atoms with E-state index >= 15 is 0 Å². The number of hydrogen-bond donors (Lipinski definition) is 1. The molecule has 5 heteroatoms. The van der Waals surface area contributed by atoms with Crippen LogP contribution in [0.2, 0.25) is 0 Å². The number of piperidine rings is 1. The lowest BCUT2D eigenvalue weighted by atomic mass is 9.82. The average Bonchev–Trinajstić information content (AvgIpc) is 3.19. The van der Waals surface area contributed by atoms with Crippen molar-refractivity contribution in [1.29, 1.82) is 0 Å². The molecule has 28 heavy (non-hydrogen) atoms. The van der Waals surface area contributed by atoms with E-state index in [0.717, 1.165) is 35.3 Å². The lowest BCUT2D eigenvalue weighted by Crippen LogP contribution is -2.51. The van der Waals surface area contributed by atoms with Crippen LogP contribution in [0, 0.1) is 12.7 Å². The first-order valence-corrected chi connectivity index (χ1v) is 9.68. The number of aromatic nitrogens is 1. The molecule has 1 saturated heterocycles. The standard InChI is InChI=1S/C23H22FN3O/c1-16-5-2-3-6-18(16)22(28)26-13-10-23(11-14-26)21-7-4-12-27(21)20-9-8-17(24)15-19(20)25-23/h2-9,12,15,25H,10-11,13-14H2,1H3. The lowest BCUT2D eigenvalue weighted by molar-refractivity contribution is 0.0675. The fourth-order valence-corrected chi connectivity index (χ4v) is 4.58. The summed E-state index contributed by atoms with van der Waals surface area (Å²) in [5.74, 6) is -0.158. The first-order valence-electron chi connectivity index (χ1n) is 9.68. The van der Waals surface area contributed by atoms with Gasteiger partial charge in [-0.1, -0.05) is 18.2 Å². The number of halogens is 1. The topological polar surface area (TPSA) is 37.3 Å². The molecule has 3 heterocycles. The van der Waals surface area contributed by atoms with E-state index in [-0.39, 0.29) is 17.3 Å². The van der Waals surface area contributed by atoms with Crippen LogP contribution in [-0.4, -0.2) is 28.5 Å². The zero-order chi connectivity index (χ0) is 19.3. The zero-order valence-corrected chi connectivity index (χ0v) is 15.8. The monoisotopic (exact) mass is 375 g/mol. The molecular formula is C23H22FN3O. The van der Waals surface area contributed by atoms with E-state index in [2.05, 4.69) is 16.0 Å². The normalized spacial score (nSPS) is 17.0. The summed E-state index contributed by atoms with van der Waals surface area (Å²) >= 11 is 0. The highest BCUT2D eigenvalue weighted by Crippen LogP contribution is 2.43. The average molecular weight is 375 g/mol. The number of carbonyl (C=O) groups is 1. The van der Waals surface area contributed by atoms with Crippen LogP contribution in [0.4, 0.5) is 10.1 Å². The minimum absolute atomic E-state index is 0.0885. The molecule has 3 aromatic rings. The van der Waals surface area contributed by atoms with Crippen LogP contribution in [0.3, 0.4) is 0 Å². The van der Waals surface area contributed by atoms with E-state index in [1.165, 1.54) is 11.8 Å². The van der Waals surface area contributed by atoms with Crippen molar-refractivity contribution >= 4 is 11.6 Å². The molecule has 142 valence electrons. The summed E-state index contributed by atoms with van der Waals surface area (Å²) in [7, 11) is 0. The van der Waals surface area contributed by atoms with Gasteiger partial charge in [0.15, 0.2) is 0 Å². The molecule has 0 radical (unpaired) electrons.